The zero-order valence-corrected chi connectivity index (χ0v) is 19.6. The van der Waals surface area contributed by atoms with Crippen molar-refractivity contribution in [2.45, 2.75) is 31.8 Å². The first-order chi connectivity index (χ1) is 16.7. The quantitative estimate of drug-likeness (QED) is 0.204. The number of rotatable bonds is 9. The first-order valence-corrected chi connectivity index (χ1v) is 12.2. The van der Waals surface area contributed by atoms with E-state index in [1.807, 2.05) is 42.6 Å². The van der Waals surface area contributed by atoms with E-state index in [9.17, 15) is 4.79 Å². The molecule has 0 aliphatic heterocycles. The molecule has 4 aromatic rings. The Labute approximate surface area is 203 Å². The van der Waals surface area contributed by atoms with Crippen LogP contribution in [0.25, 0.3) is 10.9 Å². The Hall–Kier alpha value is -3.20. The Kier molecular flexibility index (Phi) is 6.89. The average Bonchev–Trinajstić information content (AvgIpc) is 3.48. The van der Waals surface area contributed by atoms with Crippen molar-refractivity contribution in [2.24, 2.45) is 11.1 Å². The van der Waals surface area contributed by atoms with Gasteiger partial charge in [-0.2, -0.15) is 0 Å². The summed E-state index contributed by atoms with van der Waals surface area (Å²) >= 11 is 0.913. The number of nitrogens with two attached hydrogens (primary N) is 1. The summed E-state index contributed by atoms with van der Waals surface area (Å²) in [5.74, 6) is 0.952. The fourth-order valence-electron chi connectivity index (χ4n) is 4.78. The summed E-state index contributed by atoms with van der Waals surface area (Å²) in [6.45, 7) is 1.33. The lowest BCUT2D eigenvalue weighted by molar-refractivity contribution is 0.104. The van der Waals surface area contributed by atoms with Crippen LogP contribution in [-0.4, -0.2) is 33.0 Å². The van der Waals surface area contributed by atoms with Gasteiger partial charge in [0.05, 0.1) is 24.4 Å². The zero-order valence-electron chi connectivity index (χ0n) is 18.8. The highest BCUT2D eigenvalue weighted by molar-refractivity contribution is 7.92. The SMILES string of the molecule is NSOC[C@@H]1CC[C@H](Nc2ncncc2C(=O)c2cn(Cc3ccccc3)c3ccccc23)C1. The highest BCUT2D eigenvalue weighted by atomic mass is 32.2. The Morgan fingerprint density at radius 1 is 1.12 bits per heavy atom. The van der Waals surface area contributed by atoms with Crippen LogP contribution in [0.3, 0.4) is 0 Å². The highest BCUT2D eigenvalue weighted by Crippen LogP contribution is 2.31. The van der Waals surface area contributed by atoms with Crippen molar-refractivity contribution >= 4 is 34.7 Å². The summed E-state index contributed by atoms with van der Waals surface area (Å²) < 4.78 is 7.44. The molecule has 1 saturated carbocycles. The fourth-order valence-corrected chi connectivity index (χ4v) is 5.05. The zero-order chi connectivity index (χ0) is 23.3. The molecule has 0 spiro atoms. The van der Waals surface area contributed by atoms with Crippen molar-refractivity contribution in [3.63, 3.8) is 0 Å². The molecule has 1 aliphatic carbocycles. The van der Waals surface area contributed by atoms with E-state index in [4.69, 9.17) is 9.32 Å². The first-order valence-electron chi connectivity index (χ1n) is 11.4. The van der Waals surface area contributed by atoms with E-state index in [-0.39, 0.29) is 11.8 Å². The normalized spacial score (nSPS) is 17.8. The number of anilines is 1. The number of nitrogens with one attached hydrogen (secondary N) is 1. The lowest BCUT2D eigenvalue weighted by atomic mass is 10.0. The van der Waals surface area contributed by atoms with Crippen molar-refractivity contribution in [1.29, 1.82) is 0 Å². The van der Waals surface area contributed by atoms with Gasteiger partial charge in [-0.15, -0.1) is 0 Å². The summed E-state index contributed by atoms with van der Waals surface area (Å²) in [7, 11) is 0. The second-order valence-electron chi connectivity index (χ2n) is 8.69. The number of nitrogens with zero attached hydrogens (tertiary/aromatic N) is 3. The minimum Gasteiger partial charge on any atom is -0.367 e. The lowest BCUT2D eigenvalue weighted by Crippen LogP contribution is -2.20. The molecule has 174 valence electrons. The molecule has 0 radical (unpaired) electrons. The van der Waals surface area contributed by atoms with E-state index in [2.05, 4.69) is 38.1 Å². The van der Waals surface area contributed by atoms with Gasteiger partial charge in [0.1, 0.15) is 12.1 Å². The van der Waals surface area contributed by atoms with Crippen LogP contribution in [0, 0.1) is 5.92 Å². The van der Waals surface area contributed by atoms with Crippen molar-refractivity contribution in [1.82, 2.24) is 14.5 Å². The van der Waals surface area contributed by atoms with Crippen LogP contribution in [0.2, 0.25) is 0 Å². The van der Waals surface area contributed by atoms with Crippen molar-refractivity contribution in [3.05, 3.63) is 90.0 Å². The van der Waals surface area contributed by atoms with E-state index in [0.29, 0.717) is 36.0 Å². The van der Waals surface area contributed by atoms with Gasteiger partial charge in [-0.3, -0.25) is 9.93 Å². The van der Waals surface area contributed by atoms with Crippen LogP contribution in [0.15, 0.2) is 73.3 Å². The fraction of sp³-hybridized carbons (Fsp3) is 0.269. The molecular weight excluding hydrogens is 446 g/mol. The minimum absolute atomic E-state index is 0.0801. The topological polar surface area (TPSA) is 95.1 Å². The first kappa shape index (κ1) is 22.6. The third-order valence-corrected chi connectivity index (χ3v) is 6.71. The van der Waals surface area contributed by atoms with Crippen molar-refractivity contribution in [2.75, 3.05) is 11.9 Å². The van der Waals surface area contributed by atoms with Gasteiger partial charge in [0, 0.05) is 41.4 Å². The molecule has 1 aliphatic rings. The van der Waals surface area contributed by atoms with E-state index < -0.39 is 0 Å². The molecule has 0 saturated heterocycles. The molecule has 0 bridgehead atoms. The molecule has 5 rings (SSSR count). The van der Waals surface area contributed by atoms with Gasteiger partial charge in [-0.05, 0) is 36.8 Å². The van der Waals surface area contributed by atoms with Crippen LogP contribution < -0.4 is 10.5 Å². The molecule has 8 heteroatoms. The average molecular weight is 474 g/mol. The molecule has 2 aromatic carbocycles. The van der Waals surface area contributed by atoms with Gasteiger partial charge >= 0.3 is 0 Å². The monoisotopic (exact) mass is 473 g/mol. The predicted octanol–water partition coefficient (Wildman–Crippen LogP) is 4.83. The summed E-state index contributed by atoms with van der Waals surface area (Å²) in [5.41, 5.74) is 3.35. The Morgan fingerprint density at radius 3 is 2.79 bits per heavy atom. The number of carbonyl (C=O) groups excluding carboxylic acids is 1. The van der Waals surface area contributed by atoms with Gasteiger partial charge in [0.2, 0.25) is 0 Å². The third-order valence-electron chi connectivity index (χ3n) is 6.44. The van der Waals surface area contributed by atoms with E-state index in [0.717, 1.165) is 42.4 Å². The molecule has 34 heavy (non-hydrogen) atoms. The van der Waals surface area contributed by atoms with E-state index in [1.54, 1.807) is 6.20 Å². The van der Waals surface area contributed by atoms with Crippen LogP contribution in [0.4, 0.5) is 5.82 Å². The van der Waals surface area contributed by atoms with Gasteiger partial charge in [0.15, 0.2) is 5.78 Å². The summed E-state index contributed by atoms with van der Waals surface area (Å²) in [4.78, 5) is 22.3. The predicted molar refractivity (Wildman–Crippen MR) is 135 cm³/mol. The van der Waals surface area contributed by atoms with E-state index >= 15 is 0 Å². The van der Waals surface area contributed by atoms with Gasteiger partial charge in [0.25, 0.3) is 0 Å². The number of carbonyl (C=O) groups is 1. The Morgan fingerprint density at radius 2 is 1.94 bits per heavy atom. The van der Waals surface area contributed by atoms with Crippen molar-refractivity contribution < 1.29 is 8.98 Å². The molecule has 7 nitrogen and oxygen atoms in total. The van der Waals surface area contributed by atoms with Gasteiger partial charge in [-0.1, -0.05) is 48.5 Å². The molecule has 2 atom stereocenters. The van der Waals surface area contributed by atoms with Crippen LogP contribution in [0.5, 0.6) is 0 Å². The van der Waals surface area contributed by atoms with Crippen LogP contribution >= 0.6 is 12.2 Å². The maximum Gasteiger partial charge on any atom is 0.200 e. The van der Waals surface area contributed by atoms with Gasteiger partial charge < -0.3 is 14.1 Å². The lowest BCUT2D eigenvalue weighted by Gasteiger charge is -2.16. The molecular formula is C26H27N5O2S. The summed E-state index contributed by atoms with van der Waals surface area (Å²) in [6, 6.07) is 18.5. The standard InChI is InChI=1S/C26H27N5O2S/c27-34-33-16-19-10-11-20(12-19)30-26-22(13-28-17-29-26)25(32)23-15-31(14-18-6-2-1-3-7-18)24-9-5-4-8-21(23)24/h1-9,13,15,17,19-20H,10-12,14,16,27H2,(H,28,29,30)/t19-,20+/m1/s1. The number of benzene rings is 2. The second kappa shape index (κ2) is 10.4. The number of fused-ring (bicyclic) bond motifs is 1. The van der Waals surface area contributed by atoms with E-state index in [1.165, 1.54) is 11.9 Å². The Balaban J connectivity index is 1.42. The molecule has 1 fully saturated rings. The van der Waals surface area contributed by atoms with Gasteiger partial charge in [-0.25, -0.2) is 9.97 Å². The highest BCUT2D eigenvalue weighted by Gasteiger charge is 2.27. The Bertz CT molecular complexity index is 1280. The third kappa shape index (κ3) is 4.84. The number of aromatic nitrogens is 3. The number of para-hydroxylation sites is 1. The molecule has 3 N–H and O–H groups in total. The van der Waals surface area contributed by atoms with Crippen LogP contribution in [-0.2, 0) is 10.7 Å². The molecule has 2 aromatic heterocycles. The molecule has 0 unspecified atom stereocenters. The number of hydrogen-bond donors (Lipinski definition) is 2. The summed E-state index contributed by atoms with van der Waals surface area (Å²) in [6.07, 6.45) is 8.05. The number of ketones is 1. The van der Waals surface area contributed by atoms with Crippen molar-refractivity contribution in [3.8, 4) is 0 Å². The minimum atomic E-state index is -0.0801. The maximum atomic E-state index is 13.8. The number of hydrogen-bond acceptors (Lipinski definition) is 7. The smallest absolute Gasteiger partial charge is 0.200 e. The maximum absolute atomic E-state index is 13.8. The largest absolute Gasteiger partial charge is 0.367 e. The second-order valence-corrected chi connectivity index (χ2v) is 9.12. The van der Waals surface area contributed by atoms with Crippen LogP contribution in [0.1, 0.15) is 40.7 Å². The molecule has 2 heterocycles. The molecule has 0 amide bonds. The summed E-state index contributed by atoms with van der Waals surface area (Å²) in [5, 5.41) is 9.80.